The number of rotatable bonds is 37. The number of nitrogen functional groups attached to an aromatic ring is 1. The molecule has 4 rings (SSSR count). The highest BCUT2D eigenvalue weighted by atomic mass is 16.5. The van der Waals surface area contributed by atoms with Gasteiger partial charge < -0.3 is 127 Å². The van der Waals surface area contributed by atoms with Crippen molar-refractivity contribution in [2.45, 2.75) is 209 Å². The number of unbranched alkanes of at least 4 members (excludes halogenated alkanes) is 3. The molecule has 0 aliphatic carbocycles. The van der Waals surface area contributed by atoms with Gasteiger partial charge in [0.25, 0.3) is 0 Å². The van der Waals surface area contributed by atoms with Crippen LogP contribution in [0.2, 0.25) is 0 Å². The Labute approximate surface area is 673 Å². The number of hydrogen-bond acceptors (Lipinski definition) is 25. The number of nitrogens with two attached hydrogens (primary N) is 4. The van der Waals surface area contributed by atoms with Crippen LogP contribution >= 0.6 is 0 Å². The van der Waals surface area contributed by atoms with Gasteiger partial charge in [-0.2, -0.15) is 0 Å². The number of anilines is 1. The summed E-state index contributed by atoms with van der Waals surface area (Å²) in [6.45, 7) is 0.976. The van der Waals surface area contributed by atoms with Crippen molar-refractivity contribution in [3.8, 4) is 0 Å². The summed E-state index contributed by atoms with van der Waals surface area (Å²) >= 11 is 0. The number of esters is 1. The fourth-order valence-corrected chi connectivity index (χ4v) is 11.8. The highest BCUT2D eigenvalue weighted by Gasteiger charge is 2.41. The number of benzene rings is 2. The summed E-state index contributed by atoms with van der Waals surface area (Å²) in [7, 11) is 0. The van der Waals surface area contributed by atoms with Crippen LogP contribution in [0.1, 0.15) is 146 Å². The van der Waals surface area contributed by atoms with Gasteiger partial charge in [-0.15, -0.1) is 0 Å². The summed E-state index contributed by atoms with van der Waals surface area (Å²) in [5, 5.41) is 78.0. The van der Waals surface area contributed by atoms with Crippen LogP contribution in [-0.4, -0.2) is 254 Å². The SMILES string of the molecule is CCC(C)CCCCCCC(=O)NC(Cc1c[nH]c2ccccc12)C(=O)NC(CC(N)=O)C(=O)NC(CC(=O)O)C(=O)NC1C(=O)NCC(=O)NC(CCCN)C(=O)NC(CC(=O)O)C(=O)NC(CC(N)=O)C(=O)NC(CC(=O)O)C(=O)NCC(=O)NC(CO)C(=O)NC(CCC(=O)O)C(=O)NC(CC(=O)c2ccccc2N)C(=O)OC1C. The summed E-state index contributed by atoms with van der Waals surface area (Å²) in [6, 6.07) is -11.6. The van der Waals surface area contributed by atoms with Gasteiger partial charge in [-0.05, 0) is 68.8 Å². The van der Waals surface area contributed by atoms with Crippen molar-refractivity contribution in [3.63, 3.8) is 0 Å². The zero-order valence-electron chi connectivity index (χ0n) is 64.8. The number of carbonyl (C=O) groups is 21. The summed E-state index contributed by atoms with van der Waals surface area (Å²) in [6.07, 6.45) is -6.01. The lowest BCUT2D eigenvalue weighted by Gasteiger charge is -2.29. The van der Waals surface area contributed by atoms with E-state index in [9.17, 15) is 126 Å². The minimum atomic E-state index is -2.48. The second kappa shape index (κ2) is 48.9. The van der Waals surface area contributed by atoms with Crippen LogP contribution in [0.4, 0.5) is 5.69 Å². The number of carboxylic acid groups (broad SMARTS) is 4. The van der Waals surface area contributed by atoms with Crippen molar-refractivity contribution in [2.24, 2.45) is 23.1 Å². The molecule has 1 aromatic heterocycles. The van der Waals surface area contributed by atoms with Crippen LogP contribution in [0.25, 0.3) is 10.9 Å². The molecule has 45 nitrogen and oxygen atoms in total. The molecule has 45 heteroatoms. The zero-order chi connectivity index (χ0) is 88.0. The quantitative estimate of drug-likeness (QED) is 0.0110. The fourth-order valence-electron chi connectivity index (χ4n) is 11.8. The summed E-state index contributed by atoms with van der Waals surface area (Å²) < 4.78 is 5.65. The number of H-pyrrole nitrogens is 1. The molecule has 3 aromatic rings. The molecule has 15 amide bonds. The maximum absolute atomic E-state index is 14.8. The molecule has 27 N–H and O–H groups in total. The number of ketones is 1. The number of fused-ring (bicyclic) bond motifs is 1. The number of ether oxygens (including phenoxy) is 1. The minimum Gasteiger partial charge on any atom is -0.481 e. The number of carboxylic acids is 4. The van der Waals surface area contributed by atoms with Gasteiger partial charge in [0.1, 0.15) is 72.6 Å². The van der Waals surface area contributed by atoms with E-state index < -0.39 is 274 Å². The molecule has 118 heavy (non-hydrogen) atoms. The normalized spacial score (nSPS) is 20.9. The van der Waals surface area contributed by atoms with Gasteiger partial charge in [0, 0.05) is 54.0 Å². The first-order chi connectivity index (χ1) is 55.7. The lowest BCUT2D eigenvalue weighted by atomic mass is 10.00. The first-order valence-corrected chi connectivity index (χ1v) is 37.5. The highest BCUT2D eigenvalue weighted by molar-refractivity contribution is 6.05. The van der Waals surface area contributed by atoms with E-state index in [0.29, 0.717) is 35.2 Å². The third-order valence-electron chi connectivity index (χ3n) is 18.3. The van der Waals surface area contributed by atoms with Gasteiger partial charge in [-0.3, -0.25) is 95.9 Å². The summed E-state index contributed by atoms with van der Waals surface area (Å²) in [4.78, 5) is 289. The van der Waals surface area contributed by atoms with E-state index in [-0.39, 0.29) is 37.1 Å². The highest BCUT2D eigenvalue weighted by Crippen LogP contribution is 2.22. The fraction of sp³-hybridized carbons (Fsp3) is 0.521. The van der Waals surface area contributed by atoms with E-state index in [1.54, 1.807) is 30.5 Å². The number of nitrogens with one attached hydrogen (secondary N) is 14. The lowest BCUT2D eigenvalue weighted by Crippen LogP contribution is -2.61. The van der Waals surface area contributed by atoms with Crippen molar-refractivity contribution in [1.82, 2.24) is 74.1 Å². The van der Waals surface area contributed by atoms with E-state index in [1.807, 2.05) is 21.3 Å². The molecule has 646 valence electrons. The number of cyclic esters (lactones) is 1. The van der Waals surface area contributed by atoms with E-state index in [4.69, 9.17) is 27.7 Å². The standard InChI is InChI=1S/C73H102N18O27/c1-4-35(2)14-7-5-6-8-20-55(96)82-44(24-37-31-78-41-18-12-10-15-38(37)41)66(110)85-46(27-54(77)95)68(112)89-49(30-61(105)106)70(114)91-62-36(3)118-73(117)50(25-52(93)39-16-9-11-17-40(39)75)90-65(109)43(21-22-58(99)100)84-71(115)51(34-92)83-57(98)32-79-63(107)47(28-59(101)102)87-67(111)45(26-53(76)94)86-69(113)48(29-60(103)104)88-64(108)42(19-13-23-74)81-56(97)33-80-72(62)116/h9-12,15-18,31,35-36,42-51,62,78,92H,4-8,13-14,19-30,32-34,74-75H2,1-3H3,(H2,76,94)(H2,77,95)(H,79,107)(H,80,116)(H,81,97)(H,82,96)(H,83,98)(H,84,115)(H,85,110)(H,86,113)(H,87,111)(H,88,108)(H,89,112)(H,90,109)(H,91,114)(H,99,100)(H,101,102)(H,103,104)(H,105,106). The molecule has 13 unspecified atom stereocenters. The zero-order valence-corrected chi connectivity index (χ0v) is 64.8. The number of para-hydroxylation sites is 2. The van der Waals surface area contributed by atoms with Crippen LogP contribution in [-0.2, 0) is 107 Å². The first kappa shape index (κ1) is 97.1. The topological polar surface area (TPSA) is 745 Å². The number of amides is 15. The molecule has 0 radical (unpaired) electrons. The van der Waals surface area contributed by atoms with E-state index >= 15 is 0 Å². The van der Waals surface area contributed by atoms with Crippen molar-refractivity contribution in [3.05, 3.63) is 65.9 Å². The molecule has 0 spiro atoms. The van der Waals surface area contributed by atoms with E-state index in [1.165, 1.54) is 24.3 Å². The van der Waals surface area contributed by atoms with Crippen LogP contribution < -0.4 is 92.1 Å². The number of aromatic amines is 1. The number of aromatic nitrogens is 1. The molecular formula is C73H102N18O27. The average molecular weight is 1660 g/mol. The number of aliphatic hydroxyl groups excluding tert-OH is 1. The first-order valence-electron chi connectivity index (χ1n) is 37.5. The third-order valence-corrected chi connectivity index (χ3v) is 18.3. The summed E-state index contributed by atoms with van der Waals surface area (Å²) in [5.41, 5.74) is 23.4. The summed E-state index contributed by atoms with van der Waals surface area (Å²) in [5.74, 6) is -30.2. The average Bonchev–Trinajstić information content (AvgIpc) is 1.65. The predicted molar refractivity (Wildman–Crippen MR) is 408 cm³/mol. The number of aliphatic hydroxyl groups is 1. The third kappa shape index (κ3) is 33.7. The Morgan fingerprint density at radius 3 is 1.61 bits per heavy atom. The molecule has 2 heterocycles. The number of Topliss-reactive ketones (excluding diaryl/α,β-unsaturated/α-hetero) is 1. The Morgan fingerprint density at radius 1 is 0.525 bits per heavy atom. The number of hydrogen-bond donors (Lipinski definition) is 23. The molecule has 1 aliphatic heterocycles. The molecular weight excluding hydrogens is 1560 g/mol. The number of aliphatic carboxylic acids is 4. The van der Waals surface area contributed by atoms with Gasteiger partial charge in [0.15, 0.2) is 5.78 Å². The van der Waals surface area contributed by atoms with Crippen molar-refractivity contribution < 1.29 is 131 Å². The van der Waals surface area contributed by atoms with Gasteiger partial charge in [0.2, 0.25) is 88.6 Å². The van der Waals surface area contributed by atoms with Gasteiger partial charge in [-0.25, -0.2) is 4.79 Å². The maximum atomic E-state index is 14.8. The Morgan fingerprint density at radius 2 is 1.04 bits per heavy atom. The molecule has 1 fully saturated rings. The van der Waals surface area contributed by atoms with Crippen LogP contribution in [0.3, 0.4) is 0 Å². The second-order valence-corrected chi connectivity index (χ2v) is 27.8. The van der Waals surface area contributed by atoms with Crippen LogP contribution in [0.15, 0.2) is 54.7 Å². The van der Waals surface area contributed by atoms with Gasteiger partial charge >= 0.3 is 29.8 Å². The van der Waals surface area contributed by atoms with Crippen molar-refractivity contribution in [1.29, 1.82) is 0 Å². The Bertz CT molecular complexity index is 4170. The Balaban J connectivity index is 1.88. The molecule has 2 aromatic carbocycles. The van der Waals surface area contributed by atoms with Crippen molar-refractivity contribution >= 4 is 141 Å². The molecule has 1 saturated heterocycles. The molecule has 13 atom stereocenters. The Hall–Kier alpha value is -13.2. The lowest BCUT2D eigenvalue weighted by molar-refractivity contribution is -0.156. The smallest absolute Gasteiger partial charge is 0.329 e. The minimum absolute atomic E-state index is 0.0320. The molecule has 0 bridgehead atoms. The van der Waals surface area contributed by atoms with E-state index in [2.05, 4.69) is 66.7 Å². The Kier molecular flexibility index (Phi) is 40.2. The van der Waals surface area contributed by atoms with Gasteiger partial charge in [-0.1, -0.05) is 76.3 Å². The number of carbonyl (C=O) groups excluding carboxylic acids is 17. The molecule has 0 saturated carbocycles. The van der Waals surface area contributed by atoms with Crippen LogP contribution in [0.5, 0.6) is 0 Å². The second-order valence-electron chi connectivity index (χ2n) is 27.8. The van der Waals surface area contributed by atoms with Crippen molar-refractivity contribution in [2.75, 3.05) is 32.0 Å². The number of primary amides is 2. The predicted octanol–water partition coefficient (Wildman–Crippen LogP) is -6.77. The van der Waals surface area contributed by atoms with E-state index in [0.717, 1.165) is 32.6 Å². The largest absolute Gasteiger partial charge is 0.481 e. The van der Waals surface area contributed by atoms with Gasteiger partial charge in [0.05, 0.1) is 51.8 Å². The molecule has 1 aliphatic rings. The monoisotopic (exact) mass is 1660 g/mol. The maximum Gasteiger partial charge on any atom is 0.329 e. The van der Waals surface area contributed by atoms with Crippen LogP contribution in [0, 0.1) is 5.92 Å².